The van der Waals surface area contributed by atoms with E-state index in [9.17, 15) is 4.79 Å². The van der Waals surface area contributed by atoms with Gasteiger partial charge < -0.3 is 15.4 Å². The van der Waals surface area contributed by atoms with Crippen molar-refractivity contribution >= 4 is 17.2 Å². The molecule has 33 heavy (non-hydrogen) atoms. The largest absolute Gasteiger partial charge is 0.439 e. The minimum Gasteiger partial charge on any atom is -0.439 e. The molecular formula is C25H24N6O2. The second kappa shape index (κ2) is 8.38. The molecule has 0 saturated carbocycles. The number of anilines is 1. The zero-order chi connectivity index (χ0) is 22.9. The number of likely N-dealkylation sites (tertiary alicyclic amines) is 1. The van der Waals surface area contributed by atoms with Crippen molar-refractivity contribution in [3.63, 3.8) is 0 Å². The summed E-state index contributed by atoms with van der Waals surface area (Å²) in [7, 11) is 0. The monoisotopic (exact) mass is 440 g/mol. The van der Waals surface area contributed by atoms with Gasteiger partial charge in [-0.25, -0.2) is 14.5 Å². The molecule has 4 aromatic rings. The van der Waals surface area contributed by atoms with E-state index in [2.05, 4.69) is 21.6 Å². The van der Waals surface area contributed by atoms with Crippen molar-refractivity contribution in [2.45, 2.75) is 19.3 Å². The summed E-state index contributed by atoms with van der Waals surface area (Å²) >= 11 is 0. The van der Waals surface area contributed by atoms with Gasteiger partial charge in [0.25, 0.3) is 0 Å². The SMILES string of the molecule is C=CC(=O)N1CCC(c2cn3ncnc(N)c3c2-c2ccc(Oc3cccc(C)n3)cc2)C1. The standard InChI is InChI=1S/C25H24N6O2/c1-3-22(32)30-12-11-18(13-30)20-14-31-24(25(26)27-15-28-31)23(20)17-7-9-19(10-8-17)33-21-6-4-5-16(2)29-21/h3-10,14-15,18H,1,11-13H2,2H3,(H2,26,27,28). The first kappa shape index (κ1) is 20.7. The molecule has 0 aliphatic carbocycles. The Morgan fingerprint density at radius 1 is 1.24 bits per heavy atom. The predicted octanol–water partition coefficient (Wildman–Crippen LogP) is 3.98. The lowest BCUT2D eigenvalue weighted by Gasteiger charge is -2.15. The maximum atomic E-state index is 12.1. The summed E-state index contributed by atoms with van der Waals surface area (Å²) in [5, 5.41) is 4.37. The first-order valence-electron chi connectivity index (χ1n) is 10.8. The van der Waals surface area contributed by atoms with Gasteiger partial charge >= 0.3 is 0 Å². The highest BCUT2D eigenvalue weighted by Gasteiger charge is 2.30. The maximum Gasteiger partial charge on any atom is 0.245 e. The van der Waals surface area contributed by atoms with E-state index in [-0.39, 0.29) is 11.8 Å². The number of nitrogens with two attached hydrogens (primary N) is 1. The summed E-state index contributed by atoms with van der Waals surface area (Å²) in [6, 6.07) is 13.5. The summed E-state index contributed by atoms with van der Waals surface area (Å²) in [6.07, 6.45) is 5.67. The smallest absolute Gasteiger partial charge is 0.245 e. The molecule has 1 aliphatic rings. The molecule has 8 heteroatoms. The Hall–Kier alpha value is -4.20. The number of rotatable bonds is 5. The zero-order valence-electron chi connectivity index (χ0n) is 18.3. The summed E-state index contributed by atoms with van der Waals surface area (Å²) in [5.74, 6) is 1.77. The van der Waals surface area contributed by atoms with Crippen molar-refractivity contribution in [2.75, 3.05) is 18.8 Å². The van der Waals surface area contributed by atoms with Gasteiger partial charge in [-0.1, -0.05) is 24.8 Å². The number of aromatic nitrogens is 4. The van der Waals surface area contributed by atoms with Crippen LogP contribution in [-0.4, -0.2) is 43.5 Å². The van der Waals surface area contributed by atoms with Crippen molar-refractivity contribution in [1.29, 1.82) is 0 Å². The number of amides is 1. The van der Waals surface area contributed by atoms with Gasteiger partial charge in [-0.05, 0) is 48.7 Å². The fourth-order valence-electron chi connectivity index (χ4n) is 4.39. The van der Waals surface area contributed by atoms with Gasteiger partial charge in [0, 0.05) is 42.5 Å². The van der Waals surface area contributed by atoms with Crippen LogP contribution < -0.4 is 10.5 Å². The summed E-state index contributed by atoms with van der Waals surface area (Å²) < 4.78 is 7.68. The van der Waals surface area contributed by atoms with E-state index in [1.807, 2.05) is 60.5 Å². The van der Waals surface area contributed by atoms with Crippen LogP contribution in [-0.2, 0) is 4.79 Å². The van der Waals surface area contributed by atoms with E-state index < -0.39 is 0 Å². The number of pyridine rings is 1. The van der Waals surface area contributed by atoms with E-state index in [1.165, 1.54) is 12.4 Å². The lowest BCUT2D eigenvalue weighted by molar-refractivity contribution is -0.125. The van der Waals surface area contributed by atoms with Crippen LogP contribution in [0.15, 0.2) is 67.6 Å². The minimum atomic E-state index is -0.0478. The number of benzene rings is 1. The lowest BCUT2D eigenvalue weighted by Crippen LogP contribution is -2.26. The van der Waals surface area contributed by atoms with Gasteiger partial charge in [-0.3, -0.25) is 4.79 Å². The van der Waals surface area contributed by atoms with Crippen LogP contribution in [0.4, 0.5) is 5.82 Å². The number of nitrogens with zero attached hydrogens (tertiary/aromatic N) is 5. The highest BCUT2D eigenvalue weighted by atomic mass is 16.5. The predicted molar refractivity (Wildman–Crippen MR) is 126 cm³/mol. The Balaban J connectivity index is 1.52. The fourth-order valence-corrected chi connectivity index (χ4v) is 4.39. The van der Waals surface area contributed by atoms with Crippen molar-refractivity contribution < 1.29 is 9.53 Å². The van der Waals surface area contributed by atoms with E-state index in [1.54, 1.807) is 4.52 Å². The molecule has 1 saturated heterocycles. The van der Waals surface area contributed by atoms with Crippen LogP contribution in [0, 0.1) is 6.92 Å². The minimum absolute atomic E-state index is 0.0478. The molecule has 4 heterocycles. The Morgan fingerprint density at radius 3 is 2.82 bits per heavy atom. The second-order valence-corrected chi connectivity index (χ2v) is 8.12. The van der Waals surface area contributed by atoms with E-state index in [0.717, 1.165) is 34.3 Å². The highest BCUT2D eigenvalue weighted by Crippen LogP contribution is 2.40. The van der Waals surface area contributed by atoms with Crippen LogP contribution in [0.2, 0.25) is 0 Å². The molecule has 5 rings (SSSR count). The third kappa shape index (κ3) is 3.91. The number of aryl methyl sites for hydroxylation is 1. The lowest BCUT2D eigenvalue weighted by atomic mass is 9.92. The normalized spacial score (nSPS) is 15.7. The van der Waals surface area contributed by atoms with Crippen LogP contribution in [0.5, 0.6) is 11.6 Å². The Morgan fingerprint density at radius 2 is 2.06 bits per heavy atom. The fraction of sp³-hybridized carbons (Fsp3) is 0.200. The van der Waals surface area contributed by atoms with Crippen molar-refractivity contribution in [3.8, 4) is 22.8 Å². The number of hydrogen-bond donors (Lipinski definition) is 1. The Bertz CT molecular complexity index is 1350. The number of fused-ring (bicyclic) bond motifs is 1. The average Bonchev–Trinajstić information content (AvgIpc) is 3.45. The number of carbonyl (C=O) groups is 1. The molecule has 1 amide bonds. The molecule has 1 fully saturated rings. The summed E-state index contributed by atoms with van der Waals surface area (Å²) in [4.78, 5) is 22.5. The van der Waals surface area contributed by atoms with Gasteiger partial charge in [-0.2, -0.15) is 5.10 Å². The number of nitrogen functional groups attached to an aromatic ring is 1. The van der Waals surface area contributed by atoms with E-state index in [4.69, 9.17) is 10.5 Å². The molecule has 166 valence electrons. The second-order valence-electron chi connectivity index (χ2n) is 8.12. The van der Waals surface area contributed by atoms with Crippen LogP contribution >= 0.6 is 0 Å². The molecule has 1 aromatic carbocycles. The van der Waals surface area contributed by atoms with Gasteiger partial charge in [0.05, 0.1) is 0 Å². The van der Waals surface area contributed by atoms with Gasteiger partial charge in [0.15, 0.2) is 5.82 Å². The molecular weight excluding hydrogens is 416 g/mol. The first-order valence-corrected chi connectivity index (χ1v) is 10.8. The number of ether oxygens (including phenoxy) is 1. The van der Waals surface area contributed by atoms with Crippen LogP contribution in [0.1, 0.15) is 23.6 Å². The van der Waals surface area contributed by atoms with Gasteiger partial charge in [0.1, 0.15) is 17.6 Å². The topological polar surface area (TPSA) is 98.6 Å². The van der Waals surface area contributed by atoms with Crippen molar-refractivity contribution in [1.82, 2.24) is 24.5 Å². The van der Waals surface area contributed by atoms with E-state index in [0.29, 0.717) is 30.5 Å². The number of hydrogen-bond acceptors (Lipinski definition) is 6. The molecule has 1 aliphatic heterocycles. The molecule has 8 nitrogen and oxygen atoms in total. The summed E-state index contributed by atoms with van der Waals surface area (Å²) in [6.45, 7) is 6.86. The van der Waals surface area contributed by atoms with Crippen molar-refractivity contribution in [3.05, 3.63) is 78.9 Å². The molecule has 2 N–H and O–H groups in total. The number of carbonyl (C=O) groups excluding carboxylic acids is 1. The molecule has 3 aromatic heterocycles. The summed E-state index contributed by atoms with van der Waals surface area (Å²) in [5.41, 5.74) is 11.0. The molecule has 0 radical (unpaired) electrons. The van der Waals surface area contributed by atoms with Crippen molar-refractivity contribution in [2.24, 2.45) is 0 Å². The van der Waals surface area contributed by atoms with Crippen LogP contribution in [0.25, 0.3) is 16.6 Å². The third-order valence-electron chi connectivity index (χ3n) is 5.97. The molecule has 0 bridgehead atoms. The third-order valence-corrected chi connectivity index (χ3v) is 5.97. The maximum absolute atomic E-state index is 12.1. The van der Waals surface area contributed by atoms with Gasteiger partial charge in [0.2, 0.25) is 11.8 Å². The quantitative estimate of drug-likeness (QED) is 0.472. The first-order chi connectivity index (χ1) is 16.0. The highest BCUT2D eigenvalue weighted by molar-refractivity contribution is 5.91. The van der Waals surface area contributed by atoms with Gasteiger partial charge in [-0.15, -0.1) is 0 Å². The molecule has 0 spiro atoms. The van der Waals surface area contributed by atoms with E-state index >= 15 is 0 Å². The zero-order valence-corrected chi connectivity index (χ0v) is 18.3. The molecule has 1 unspecified atom stereocenters. The average molecular weight is 441 g/mol. The Labute approximate surface area is 191 Å². The molecule has 1 atom stereocenters. The Kier molecular flexibility index (Phi) is 5.26. The van der Waals surface area contributed by atoms with Crippen LogP contribution in [0.3, 0.4) is 0 Å².